The number of benzene rings is 1. The van der Waals surface area contributed by atoms with Crippen LogP contribution < -0.4 is 15.8 Å². The Morgan fingerprint density at radius 3 is 2.46 bits per heavy atom. The Balaban J connectivity index is 2.26. The van der Waals surface area contributed by atoms with Crippen LogP contribution >= 0.6 is 0 Å². The molecule has 128 valence electrons. The summed E-state index contributed by atoms with van der Waals surface area (Å²) >= 11 is 0. The minimum Gasteiger partial charge on any atom is -0.406 e. The number of rotatable bonds is 6. The van der Waals surface area contributed by atoms with E-state index in [1.54, 1.807) is 6.07 Å². The van der Waals surface area contributed by atoms with Crippen LogP contribution in [-0.2, 0) is 6.61 Å². The summed E-state index contributed by atoms with van der Waals surface area (Å²) in [5.74, 6) is -0.0680. The molecule has 5 N–H and O–H groups in total. The third-order valence-electron chi connectivity index (χ3n) is 3.06. The Hall–Kier alpha value is -2.65. The largest absolute Gasteiger partial charge is 0.573 e. The van der Waals surface area contributed by atoms with Crippen LogP contribution in [0, 0.1) is 5.41 Å². The lowest BCUT2D eigenvalue weighted by atomic mass is 10.0. The number of halogens is 3. The number of ether oxygens (including phenoxy) is 1. The van der Waals surface area contributed by atoms with E-state index in [0.717, 1.165) is 12.1 Å². The smallest absolute Gasteiger partial charge is 0.406 e. The van der Waals surface area contributed by atoms with Crippen molar-refractivity contribution in [1.82, 2.24) is 4.98 Å². The predicted octanol–water partition coefficient (Wildman–Crippen LogP) is 2.54. The Morgan fingerprint density at radius 2 is 1.92 bits per heavy atom. The van der Waals surface area contributed by atoms with Gasteiger partial charge in [0.15, 0.2) is 0 Å². The summed E-state index contributed by atoms with van der Waals surface area (Å²) in [5, 5.41) is 20.2. The molecule has 0 bridgehead atoms. The molecule has 0 aliphatic carbocycles. The summed E-state index contributed by atoms with van der Waals surface area (Å²) in [4.78, 5) is 4.10. The van der Waals surface area contributed by atoms with Gasteiger partial charge in [-0.25, -0.2) is 4.98 Å². The molecule has 2 aromatic rings. The number of hydrogen-bond donors (Lipinski definition) is 4. The average Bonchev–Trinajstić information content (AvgIpc) is 2.54. The van der Waals surface area contributed by atoms with E-state index in [-0.39, 0.29) is 30.4 Å². The van der Waals surface area contributed by atoms with Gasteiger partial charge in [-0.2, -0.15) is 0 Å². The number of aliphatic hydroxyl groups is 1. The zero-order chi connectivity index (χ0) is 17.7. The maximum atomic E-state index is 12.1. The number of pyridine rings is 1. The van der Waals surface area contributed by atoms with E-state index < -0.39 is 6.36 Å². The maximum Gasteiger partial charge on any atom is 0.573 e. The molecule has 0 spiro atoms. The SMILES string of the molecule is N=C(CN)c1c(CO)ccnc1Nc1ccc(OC(F)(F)F)cc1. The maximum absolute atomic E-state index is 12.1. The summed E-state index contributed by atoms with van der Waals surface area (Å²) in [5.41, 5.74) is 6.83. The van der Waals surface area contributed by atoms with Crippen molar-refractivity contribution in [1.29, 1.82) is 5.41 Å². The predicted molar refractivity (Wildman–Crippen MR) is 82.5 cm³/mol. The number of anilines is 2. The van der Waals surface area contributed by atoms with Crippen LogP contribution in [0.5, 0.6) is 5.75 Å². The molecule has 2 rings (SSSR count). The number of nitrogens with two attached hydrogens (primary N) is 1. The van der Waals surface area contributed by atoms with Crippen molar-refractivity contribution in [2.24, 2.45) is 5.73 Å². The Kier molecular flexibility index (Phi) is 5.37. The number of aromatic nitrogens is 1. The zero-order valence-corrected chi connectivity index (χ0v) is 12.4. The first-order chi connectivity index (χ1) is 11.3. The second kappa shape index (κ2) is 7.28. The van der Waals surface area contributed by atoms with Gasteiger partial charge in [-0.15, -0.1) is 13.2 Å². The highest BCUT2D eigenvalue weighted by Gasteiger charge is 2.30. The van der Waals surface area contributed by atoms with Crippen molar-refractivity contribution in [2.75, 3.05) is 11.9 Å². The number of nitrogens with zero attached hydrogens (tertiary/aromatic N) is 1. The molecule has 0 saturated heterocycles. The Labute approximate surface area is 135 Å². The number of aliphatic hydroxyl groups excluding tert-OH is 1. The van der Waals surface area contributed by atoms with Gasteiger partial charge in [0.05, 0.1) is 12.3 Å². The van der Waals surface area contributed by atoms with Gasteiger partial charge in [-0.05, 0) is 35.9 Å². The molecular formula is C15H15F3N4O2. The Bertz CT molecular complexity index is 718. The minimum atomic E-state index is -4.75. The molecule has 24 heavy (non-hydrogen) atoms. The lowest BCUT2D eigenvalue weighted by Crippen LogP contribution is -2.18. The van der Waals surface area contributed by atoms with E-state index in [1.807, 2.05) is 0 Å². The zero-order valence-electron chi connectivity index (χ0n) is 12.4. The van der Waals surface area contributed by atoms with Crippen molar-refractivity contribution < 1.29 is 23.0 Å². The molecule has 0 radical (unpaired) electrons. The van der Waals surface area contributed by atoms with E-state index in [4.69, 9.17) is 11.1 Å². The molecule has 1 aromatic carbocycles. The molecule has 1 aromatic heterocycles. The first-order valence-electron chi connectivity index (χ1n) is 6.83. The van der Waals surface area contributed by atoms with E-state index >= 15 is 0 Å². The molecule has 0 aliphatic rings. The summed E-state index contributed by atoms with van der Waals surface area (Å²) < 4.78 is 40.2. The molecule has 0 amide bonds. The summed E-state index contributed by atoms with van der Waals surface area (Å²) in [6.07, 6.45) is -3.31. The summed E-state index contributed by atoms with van der Waals surface area (Å²) in [6, 6.07) is 6.62. The van der Waals surface area contributed by atoms with Crippen LogP contribution in [0.25, 0.3) is 0 Å². The summed E-state index contributed by atoms with van der Waals surface area (Å²) in [6.45, 7) is -0.348. The van der Waals surface area contributed by atoms with Gasteiger partial charge in [-0.1, -0.05) is 0 Å². The molecule has 0 aliphatic heterocycles. The van der Waals surface area contributed by atoms with Crippen molar-refractivity contribution >= 4 is 17.2 Å². The van der Waals surface area contributed by atoms with Crippen LogP contribution in [0.2, 0.25) is 0 Å². The highest BCUT2D eigenvalue weighted by atomic mass is 19.4. The van der Waals surface area contributed by atoms with Crippen LogP contribution in [0.3, 0.4) is 0 Å². The van der Waals surface area contributed by atoms with Crippen molar-refractivity contribution in [3.05, 3.63) is 47.7 Å². The highest BCUT2D eigenvalue weighted by Crippen LogP contribution is 2.26. The van der Waals surface area contributed by atoms with E-state index in [2.05, 4.69) is 15.0 Å². The highest BCUT2D eigenvalue weighted by molar-refractivity contribution is 6.05. The number of alkyl halides is 3. The average molecular weight is 340 g/mol. The third-order valence-corrected chi connectivity index (χ3v) is 3.06. The summed E-state index contributed by atoms with van der Waals surface area (Å²) in [7, 11) is 0. The first kappa shape index (κ1) is 17.7. The standard InChI is InChI=1S/C15H15F3N4O2/c16-15(17,18)24-11-3-1-10(2-4-11)22-14-13(12(20)7-19)9(8-23)5-6-21-14/h1-6,20,23H,7-8,19H2,(H,21,22). The van der Waals surface area contributed by atoms with Crippen LogP contribution in [-0.4, -0.2) is 28.7 Å². The fraction of sp³-hybridized carbons (Fsp3) is 0.200. The van der Waals surface area contributed by atoms with E-state index in [0.29, 0.717) is 16.8 Å². The van der Waals surface area contributed by atoms with Crippen LogP contribution in [0.4, 0.5) is 24.7 Å². The van der Waals surface area contributed by atoms with Crippen molar-refractivity contribution in [3.8, 4) is 5.75 Å². The van der Waals surface area contributed by atoms with Crippen molar-refractivity contribution in [3.63, 3.8) is 0 Å². The fourth-order valence-corrected chi connectivity index (χ4v) is 2.04. The van der Waals surface area contributed by atoms with Gasteiger partial charge in [0.1, 0.15) is 11.6 Å². The molecule has 1 heterocycles. The topological polar surface area (TPSA) is 104 Å². The number of nitrogens with one attached hydrogen (secondary N) is 2. The quantitative estimate of drug-likeness (QED) is 0.605. The molecule has 0 atom stereocenters. The van der Waals surface area contributed by atoms with Crippen LogP contribution in [0.15, 0.2) is 36.5 Å². The lowest BCUT2D eigenvalue weighted by Gasteiger charge is -2.15. The van der Waals surface area contributed by atoms with Gasteiger partial charge in [0.2, 0.25) is 0 Å². The molecule has 6 nitrogen and oxygen atoms in total. The van der Waals surface area contributed by atoms with Crippen molar-refractivity contribution in [2.45, 2.75) is 13.0 Å². The van der Waals surface area contributed by atoms with Gasteiger partial charge in [0, 0.05) is 24.0 Å². The van der Waals surface area contributed by atoms with Gasteiger partial charge >= 0.3 is 6.36 Å². The minimum absolute atomic E-state index is 0.0499. The van der Waals surface area contributed by atoms with E-state index in [9.17, 15) is 18.3 Å². The van der Waals surface area contributed by atoms with Gasteiger partial charge < -0.3 is 26.3 Å². The first-order valence-corrected chi connectivity index (χ1v) is 6.83. The second-order valence-corrected chi connectivity index (χ2v) is 4.73. The molecule has 0 unspecified atom stereocenters. The monoisotopic (exact) mass is 340 g/mol. The van der Waals surface area contributed by atoms with Gasteiger partial charge in [0.25, 0.3) is 0 Å². The second-order valence-electron chi connectivity index (χ2n) is 4.73. The molecular weight excluding hydrogens is 325 g/mol. The fourth-order valence-electron chi connectivity index (χ4n) is 2.04. The van der Waals surface area contributed by atoms with Gasteiger partial charge in [-0.3, -0.25) is 0 Å². The number of hydrogen-bond acceptors (Lipinski definition) is 6. The van der Waals surface area contributed by atoms with E-state index in [1.165, 1.54) is 18.3 Å². The molecule has 0 fully saturated rings. The molecule has 0 saturated carbocycles. The normalized spacial score (nSPS) is 11.2. The molecule has 9 heteroatoms. The Morgan fingerprint density at radius 1 is 1.25 bits per heavy atom. The third kappa shape index (κ3) is 4.43. The van der Waals surface area contributed by atoms with Crippen LogP contribution in [0.1, 0.15) is 11.1 Å². The lowest BCUT2D eigenvalue weighted by molar-refractivity contribution is -0.274.